The van der Waals surface area contributed by atoms with E-state index in [-0.39, 0.29) is 11.8 Å². The summed E-state index contributed by atoms with van der Waals surface area (Å²) in [6.07, 6.45) is 3.73. The highest BCUT2D eigenvalue weighted by Crippen LogP contribution is 2.25. The fourth-order valence-electron chi connectivity index (χ4n) is 1.93. The molecular formula is C12H17N3O. The van der Waals surface area contributed by atoms with E-state index in [0.717, 1.165) is 29.9 Å². The van der Waals surface area contributed by atoms with E-state index in [0.29, 0.717) is 6.54 Å². The van der Waals surface area contributed by atoms with Crippen LogP contribution in [-0.4, -0.2) is 17.4 Å². The van der Waals surface area contributed by atoms with Crippen LogP contribution >= 0.6 is 0 Å². The van der Waals surface area contributed by atoms with Gasteiger partial charge in [0.2, 0.25) is 5.91 Å². The van der Waals surface area contributed by atoms with Crippen molar-refractivity contribution in [3.8, 4) is 0 Å². The number of hydrogen-bond donors (Lipinski definition) is 2. The van der Waals surface area contributed by atoms with Gasteiger partial charge in [0.15, 0.2) is 0 Å². The van der Waals surface area contributed by atoms with E-state index in [9.17, 15) is 4.79 Å². The topological polar surface area (TPSA) is 54.0 Å². The molecule has 0 bridgehead atoms. The third-order valence-electron chi connectivity index (χ3n) is 2.81. The van der Waals surface area contributed by atoms with Gasteiger partial charge in [-0.1, -0.05) is 13.3 Å². The number of aromatic nitrogens is 1. The van der Waals surface area contributed by atoms with Crippen molar-refractivity contribution in [2.75, 3.05) is 17.2 Å². The summed E-state index contributed by atoms with van der Waals surface area (Å²) in [6.45, 7) is 4.73. The average molecular weight is 219 g/mol. The maximum atomic E-state index is 11.9. The summed E-state index contributed by atoms with van der Waals surface area (Å²) >= 11 is 0. The third-order valence-corrected chi connectivity index (χ3v) is 2.81. The Morgan fingerprint density at radius 3 is 3.12 bits per heavy atom. The predicted octanol–water partition coefficient (Wildman–Crippen LogP) is 2.17. The van der Waals surface area contributed by atoms with Crippen LogP contribution in [0.5, 0.6) is 0 Å². The molecule has 0 fully saturated rings. The van der Waals surface area contributed by atoms with Gasteiger partial charge in [-0.3, -0.25) is 4.79 Å². The number of hydrogen-bond acceptors (Lipinski definition) is 3. The van der Waals surface area contributed by atoms with Gasteiger partial charge in [0.1, 0.15) is 5.82 Å². The lowest BCUT2D eigenvalue weighted by atomic mass is 10.0. The van der Waals surface area contributed by atoms with Gasteiger partial charge in [0, 0.05) is 12.7 Å². The summed E-state index contributed by atoms with van der Waals surface area (Å²) in [7, 11) is 0. The van der Waals surface area contributed by atoms with Gasteiger partial charge < -0.3 is 10.6 Å². The monoisotopic (exact) mass is 219 g/mol. The summed E-state index contributed by atoms with van der Waals surface area (Å²) in [5.74, 6) is 0.914. The fourth-order valence-corrected chi connectivity index (χ4v) is 1.93. The molecule has 2 N–H and O–H groups in total. The molecule has 4 nitrogen and oxygen atoms in total. The Morgan fingerprint density at radius 2 is 2.38 bits per heavy atom. The van der Waals surface area contributed by atoms with Crippen molar-refractivity contribution in [2.24, 2.45) is 5.92 Å². The maximum absolute atomic E-state index is 11.9. The number of amides is 1. The van der Waals surface area contributed by atoms with E-state index >= 15 is 0 Å². The van der Waals surface area contributed by atoms with Crippen LogP contribution in [0.15, 0.2) is 12.3 Å². The Kier molecular flexibility index (Phi) is 3.08. The largest absolute Gasteiger partial charge is 0.368 e. The van der Waals surface area contributed by atoms with Crippen LogP contribution < -0.4 is 10.6 Å². The summed E-state index contributed by atoms with van der Waals surface area (Å²) in [5.41, 5.74) is 1.85. The summed E-state index contributed by atoms with van der Waals surface area (Å²) in [6, 6.07) is 1.95. The molecule has 1 amide bonds. The first kappa shape index (κ1) is 10.9. The highest BCUT2D eigenvalue weighted by molar-refractivity contribution is 5.96. The number of fused-ring (bicyclic) bond motifs is 1. The highest BCUT2D eigenvalue weighted by atomic mass is 16.1. The van der Waals surface area contributed by atoms with Gasteiger partial charge in [0.25, 0.3) is 0 Å². The number of nitrogens with zero attached hydrogens (tertiary/aromatic N) is 1. The lowest BCUT2D eigenvalue weighted by molar-refractivity contribution is -0.119. The van der Waals surface area contributed by atoms with Gasteiger partial charge in [-0.05, 0) is 25.0 Å². The van der Waals surface area contributed by atoms with Crippen LogP contribution in [0.2, 0.25) is 0 Å². The van der Waals surface area contributed by atoms with E-state index in [1.807, 2.05) is 13.0 Å². The molecule has 4 heteroatoms. The van der Waals surface area contributed by atoms with E-state index in [1.165, 1.54) is 0 Å². The molecule has 1 aromatic heterocycles. The second kappa shape index (κ2) is 4.51. The summed E-state index contributed by atoms with van der Waals surface area (Å²) in [5, 5.41) is 6.16. The molecule has 0 saturated heterocycles. The average Bonchev–Trinajstić information content (AvgIpc) is 2.39. The first-order valence-corrected chi connectivity index (χ1v) is 5.72. The van der Waals surface area contributed by atoms with Gasteiger partial charge in [0.05, 0.1) is 11.6 Å². The van der Waals surface area contributed by atoms with Gasteiger partial charge >= 0.3 is 0 Å². The highest BCUT2D eigenvalue weighted by Gasteiger charge is 2.22. The van der Waals surface area contributed by atoms with Gasteiger partial charge in [-0.25, -0.2) is 4.98 Å². The van der Waals surface area contributed by atoms with Crippen molar-refractivity contribution in [1.82, 2.24) is 4.98 Å². The Bertz CT molecular complexity index is 403. The zero-order valence-electron chi connectivity index (χ0n) is 9.71. The molecule has 86 valence electrons. The standard InChI is InChI=1S/C12H17N3O/c1-3-4-9-7-14-11-10(15-12(9)16)5-8(2)6-13-11/h5-6,9H,3-4,7H2,1-2H3,(H,13,14)(H,15,16). The van der Waals surface area contributed by atoms with Crippen LogP contribution in [0.4, 0.5) is 11.5 Å². The molecule has 1 unspecified atom stereocenters. The Morgan fingerprint density at radius 1 is 1.56 bits per heavy atom. The van der Waals surface area contributed by atoms with Gasteiger partial charge in [-0.2, -0.15) is 0 Å². The quantitative estimate of drug-likeness (QED) is 0.801. The SMILES string of the molecule is CCCC1CNc2ncc(C)cc2NC1=O. The number of pyridine rings is 1. The van der Waals surface area contributed by atoms with E-state index in [1.54, 1.807) is 6.20 Å². The van der Waals surface area contributed by atoms with Crippen molar-refractivity contribution in [3.63, 3.8) is 0 Å². The number of carbonyl (C=O) groups is 1. The lowest BCUT2D eigenvalue weighted by Gasteiger charge is -2.10. The number of carbonyl (C=O) groups excluding carboxylic acids is 1. The molecule has 16 heavy (non-hydrogen) atoms. The number of nitrogens with one attached hydrogen (secondary N) is 2. The number of anilines is 2. The molecule has 1 aromatic rings. The smallest absolute Gasteiger partial charge is 0.229 e. The molecule has 0 radical (unpaired) electrons. The molecule has 2 heterocycles. The predicted molar refractivity (Wildman–Crippen MR) is 64.5 cm³/mol. The van der Waals surface area contributed by atoms with Crippen LogP contribution in [0.25, 0.3) is 0 Å². The minimum absolute atomic E-state index is 0.0412. The first-order chi connectivity index (χ1) is 7.70. The van der Waals surface area contributed by atoms with E-state index in [4.69, 9.17) is 0 Å². The first-order valence-electron chi connectivity index (χ1n) is 5.72. The molecule has 1 atom stereocenters. The molecule has 2 rings (SSSR count). The molecule has 1 aliphatic rings. The second-order valence-corrected chi connectivity index (χ2v) is 4.26. The fraction of sp³-hybridized carbons (Fsp3) is 0.500. The minimum Gasteiger partial charge on any atom is -0.368 e. The van der Waals surface area contributed by atoms with Crippen molar-refractivity contribution in [2.45, 2.75) is 26.7 Å². The summed E-state index contributed by atoms with van der Waals surface area (Å²) < 4.78 is 0. The zero-order chi connectivity index (χ0) is 11.5. The van der Waals surface area contributed by atoms with Crippen molar-refractivity contribution >= 4 is 17.4 Å². The van der Waals surface area contributed by atoms with Gasteiger partial charge in [-0.15, -0.1) is 0 Å². The molecular weight excluding hydrogens is 202 g/mol. The zero-order valence-corrected chi connectivity index (χ0v) is 9.71. The minimum atomic E-state index is 0.0412. The van der Waals surface area contributed by atoms with Crippen molar-refractivity contribution < 1.29 is 4.79 Å². The molecule has 0 aromatic carbocycles. The Hall–Kier alpha value is -1.58. The number of rotatable bonds is 2. The molecule has 1 aliphatic heterocycles. The number of aryl methyl sites for hydroxylation is 1. The lowest BCUT2D eigenvalue weighted by Crippen LogP contribution is -2.25. The summed E-state index contributed by atoms with van der Waals surface area (Å²) in [4.78, 5) is 16.2. The Labute approximate surface area is 95.5 Å². The van der Waals surface area contributed by atoms with Crippen LogP contribution in [-0.2, 0) is 4.79 Å². The second-order valence-electron chi connectivity index (χ2n) is 4.26. The molecule has 0 saturated carbocycles. The van der Waals surface area contributed by atoms with Crippen molar-refractivity contribution in [1.29, 1.82) is 0 Å². The third kappa shape index (κ3) is 2.15. The van der Waals surface area contributed by atoms with Crippen LogP contribution in [0.1, 0.15) is 25.3 Å². The van der Waals surface area contributed by atoms with Crippen LogP contribution in [0, 0.1) is 12.8 Å². The maximum Gasteiger partial charge on any atom is 0.229 e. The van der Waals surface area contributed by atoms with E-state index in [2.05, 4.69) is 22.5 Å². The normalized spacial score (nSPS) is 19.4. The van der Waals surface area contributed by atoms with Crippen LogP contribution in [0.3, 0.4) is 0 Å². The molecule has 0 aliphatic carbocycles. The van der Waals surface area contributed by atoms with Crippen molar-refractivity contribution in [3.05, 3.63) is 17.8 Å². The molecule has 0 spiro atoms. The Balaban J connectivity index is 2.23. The van der Waals surface area contributed by atoms with E-state index < -0.39 is 0 Å².